The van der Waals surface area contributed by atoms with Crippen LogP contribution in [0.5, 0.6) is 5.75 Å². The number of nitrogens with zero attached hydrogens (tertiary/aromatic N) is 3. The number of amides is 2. The molecule has 0 N–H and O–H groups in total. The lowest BCUT2D eigenvalue weighted by molar-refractivity contribution is -0.121. The average Bonchev–Trinajstić information content (AvgIpc) is 3.11. The molecule has 2 aliphatic rings. The Kier molecular flexibility index (Phi) is 5.48. The number of methoxy groups -OCH3 is 1. The van der Waals surface area contributed by atoms with Gasteiger partial charge in [-0.15, -0.1) is 0 Å². The molecule has 2 aromatic rings. The van der Waals surface area contributed by atoms with Crippen molar-refractivity contribution in [2.24, 2.45) is 0 Å². The maximum atomic E-state index is 13.2. The minimum absolute atomic E-state index is 0.0407. The Balaban J connectivity index is 1.58. The van der Waals surface area contributed by atoms with Gasteiger partial charge in [0.1, 0.15) is 5.75 Å². The SMILES string of the molecule is COc1ccc(S(=O)(=O)N2CCN(c3ccccc3)CC2)cc1N1C(=O)CCC1=O. The molecule has 2 aliphatic heterocycles. The number of benzene rings is 2. The number of carbonyl (C=O) groups excluding carboxylic acids is 2. The summed E-state index contributed by atoms with van der Waals surface area (Å²) in [6.07, 6.45) is 0.223. The quantitative estimate of drug-likeness (QED) is 0.675. The maximum absolute atomic E-state index is 13.2. The van der Waals surface area contributed by atoms with E-state index in [2.05, 4.69) is 4.90 Å². The first-order valence-corrected chi connectivity index (χ1v) is 11.2. The zero-order chi connectivity index (χ0) is 21.3. The Morgan fingerprint density at radius 1 is 0.867 bits per heavy atom. The highest BCUT2D eigenvalue weighted by atomic mass is 32.2. The summed E-state index contributed by atoms with van der Waals surface area (Å²) in [4.78, 5) is 27.5. The number of anilines is 2. The third kappa shape index (κ3) is 3.66. The number of rotatable bonds is 5. The standard InChI is InChI=1S/C21H23N3O5S/c1-29-19-8-7-17(15-18(19)24-20(25)9-10-21(24)26)30(27,28)23-13-11-22(12-14-23)16-5-3-2-4-6-16/h2-8,15H,9-14H2,1H3. The zero-order valence-corrected chi connectivity index (χ0v) is 17.5. The molecule has 2 fully saturated rings. The van der Waals surface area contributed by atoms with Crippen LogP contribution in [-0.2, 0) is 19.6 Å². The molecule has 158 valence electrons. The molecule has 0 aromatic heterocycles. The first kappa shape index (κ1) is 20.4. The molecular formula is C21H23N3O5S. The third-order valence-electron chi connectivity index (χ3n) is 5.44. The Morgan fingerprint density at radius 2 is 1.50 bits per heavy atom. The number of sulfonamides is 1. The van der Waals surface area contributed by atoms with E-state index in [0.29, 0.717) is 26.2 Å². The second-order valence-corrected chi connectivity index (χ2v) is 9.12. The predicted molar refractivity (Wildman–Crippen MR) is 112 cm³/mol. The normalized spacial score (nSPS) is 18.2. The second kappa shape index (κ2) is 8.08. The summed E-state index contributed by atoms with van der Waals surface area (Å²) in [7, 11) is -2.36. The van der Waals surface area contributed by atoms with Crippen molar-refractivity contribution in [1.82, 2.24) is 4.31 Å². The van der Waals surface area contributed by atoms with Gasteiger partial charge in [0.25, 0.3) is 0 Å². The van der Waals surface area contributed by atoms with Gasteiger partial charge in [0, 0.05) is 44.7 Å². The predicted octanol–water partition coefficient (Wildman–Crippen LogP) is 1.86. The highest BCUT2D eigenvalue weighted by Gasteiger charge is 2.35. The Labute approximate surface area is 175 Å². The number of imide groups is 1. The van der Waals surface area contributed by atoms with Gasteiger partial charge in [-0.1, -0.05) is 18.2 Å². The van der Waals surface area contributed by atoms with E-state index < -0.39 is 10.0 Å². The minimum Gasteiger partial charge on any atom is -0.495 e. The van der Waals surface area contributed by atoms with Crippen LogP contribution in [0.25, 0.3) is 0 Å². The van der Waals surface area contributed by atoms with Crippen molar-refractivity contribution in [1.29, 1.82) is 0 Å². The van der Waals surface area contributed by atoms with E-state index >= 15 is 0 Å². The van der Waals surface area contributed by atoms with Gasteiger partial charge in [0.2, 0.25) is 21.8 Å². The first-order valence-electron chi connectivity index (χ1n) is 9.76. The van der Waals surface area contributed by atoms with E-state index in [1.165, 1.54) is 29.6 Å². The van der Waals surface area contributed by atoms with Crippen molar-refractivity contribution >= 4 is 33.2 Å². The van der Waals surface area contributed by atoms with Gasteiger partial charge in [0.05, 0.1) is 17.7 Å². The molecule has 0 spiro atoms. The fourth-order valence-electron chi connectivity index (χ4n) is 3.82. The van der Waals surface area contributed by atoms with Gasteiger partial charge >= 0.3 is 0 Å². The monoisotopic (exact) mass is 429 g/mol. The van der Waals surface area contributed by atoms with Gasteiger partial charge in [0.15, 0.2) is 0 Å². The van der Waals surface area contributed by atoms with Crippen LogP contribution >= 0.6 is 0 Å². The van der Waals surface area contributed by atoms with Crippen LogP contribution in [0.1, 0.15) is 12.8 Å². The lowest BCUT2D eigenvalue weighted by Gasteiger charge is -2.35. The van der Waals surface area contributed by atoms with Gasteiger partial charge in [-0.25, -0.2) is 13.3 Å². The van der Waals surface area contributed by atoms with Crippen LogP contribution in [0.4, 0.5) is 11.4 Å². The summed E-state index contributed by atoms with van der Waals surface area (Å²) in [6.45, 7) is 1.85. The van der Waals surface area contributed by atoms with Crippen LogP contribution in [0.2, 0.25) is 0 Å². The Morgan fingerprint density at radius 3 is 2.10 bits per heavy atom. The summed E-state index contributed by atoms with van der Waals surface area (Å²) >= 11 is 0. The smallest absolute Gasteiger partial charge is 0.243 e. The van der Waals surface area contributed by atoms with E-state index in [1.807, 2.05) is 30.3 Å². The van der Waals surface area contributed by atoms with Gasteiger partial charge < -0.3 is 9.64 Å². The number of piperazine rings is 1. The molecule has 0 bridgehead atoms. The number of hydrogen-bond acceptors (Lipinski definition) is 6. The Hall–Kier alpha value is -2.91. The summed E-state index contributed by atoms with van der Waals surface area (Å²) < 4.78 is 33.2. The average molecular weight is 429 g/mol. The van der Waals surface area contributed by atoms with Crippen molar-refractivity contribution in [3.05, 3.63) is 48.5 Å². The summed E-state index contributed by atoms with van der Waals surface area (Å²) in [5.74, 6) is -0.430. The van der Waals surface area contributed by atoms with Gasteiger partial charge in [-0.2, -0.15) is 4.31 Å². The van der Waals surface area contributed by atoms with E-state index in [1.54, 1.807) is 0 Å². The van der Waals surface area contributed by atoms with Crippen molar-refractivity contribution < 1.29 is 22.7 Å². The second-order valence-electron chi connectivity index (χ2n) is 7.18. The largest absolute Gasteiger partial charge is 0.495 e. The van der Waals surface area contributed by atoms with E-state index in [4.69, 9.17) is 4.74 Å². The fourth-order valence-corrected chi connectivity index (χ4v) is 5.27. The topological polar surface area (TPSA) is 87.2 Å². The third-order valence-corrected chi connectivity index (χ3v) is 7.34. The molecule has 2 heterocycles. The van der Waals surface area contributed by atoms with Crippen LogP contribution in [-0.4, -0.2) is 57.8 Å². The summed E-state index contributed by atoms with van der Waals surface area (Å²) in [5, 5.41) is 0. The molecule has 0 radical (unpaired) electrons. The molecule has 8 nitrogen and oxygen atoms in total. The number of carbonyl (C=O) groups is 2. The molecule has 9 heteroatoms. The van der Waals surface area contributed by atoms with Crippen LogP contribution in [0.15, 0.2) is 53.4 Å². The van der Waals surface area contributed by atoms with Crippen LogP contribution in [0, 0.1) is 0 Å². The number of hydrogen-bond donors (Lipinski definition) is 0. The van der Waals surface area contributed by atoms with Crippen molar-refractivity contribution in [2.75, 3.05) is 43.1 Å². The number of ether oxygens (including phenoxy) is 1. The molecule has 0 saturated carbocycles. The summed E-state index contributed by atoms with van der Waals surface area (Å²) in [5.41, 5.74) is 1.24. The van der Waals surface area contributed by atoms with E-state index in [9.17, 15) is 18.0 Å². The lowest BCUT2D eigenvalue weighted by atomic mass is 10.2. The highest BCUT2D eigenvalue weighted by Crippen LogP contribution is 2.35. The molecule has 0 atom stereocenters. The lowest BCUT2D eigenvalue weighted by Crippen LogP contribution is -2.48. The van der Waals surface area contributed by atoms with Crippen LogP contribution in [0.3, 0.4) is 0 Å². The molecule has 2 saturated heterocycles. The molecular weight excluding hydrogens is 406 g/mol. The Bertz CT molecular complexity index is 1050. The minimum atomic E-state index is -3.78. The molecule has 2 aromatic carbocycles. The highest BCUT2D eigenvalue weighted by molar-refractivity contribution is 7.89. The summed E-state index contributed by atoms with van der Waals surface area (Å²) in [6, 6.07) is 14.2. The molecule has 0 aliphatic carbocycles. The van der Waals surface area contributed by atoms with E-state index in [-0.39, 0.29) is 41.0 Å². The van der Waals surface area contributed by atoms with Gasteiger partial charge in [-0.05, 0) is 30.3 Å². The first-order chi connectivity index (χ1) is 14.4. The molecule has 30 heavy (non-hydrogen) atoms. The molecule has 2 amide bonds. The molecule has 4 rings (SSSR count). The fraction of sp³-hybridized carbons (Fsp3) is 0.333. The zero-order valence-electron chi connectivity index (χ0n) is 16.7. The van der Waals surface area contributed by atoms with Crippen molar-refractivity contribution in [3.63, 3.8) is 0 Å². The van der Waals surface area contributed by atoms with Crippen LogP contribution < -0.4 is 14.5 Å². The van der Waals surface area contributed by atoms with Crippen molar-refractivity contribution in [3.8, 4) is 5.75 Å². The van der Waals surface area contributed by atoms with Gasteiger partial charge in [-0.3, -0.25) is 9.59 Å². The molecule has 0 unspecified atom stereocenters. The number of para-hydroxylation sites is 1. The van der Waals surface area contributed by atoms with E-state index in [0.717, 1.165) is 10.6 Å². The van der Waals surface area contributed by atoms with Crippen molar-refractivity contribution in [2.45, 2.75) is 17.7 Å². The maximum Gasteiger partial charge on any atom is 0.243 e.